The van der Waals surface area contributed by atoms with E-state index < -0.39 is 0 Å². The van der Waals surface area contributed by atoms with Gasteiger partial charge in [-0.15, -0.1) is 11.3 Å². The van der Waals surface area contributed by atoms with Crippen LogP contribution < -0.4 is 4.90 Å². The van der Waals surface area contributed by atoms with Gasteiger partial charge in [-0.05, 0) is 24.3 Å². The number of aryl methyl sites for hydroxylation is 1. The molecule has 0 spiro atoms. The number of anilines is 1. The van der Waals surface area contributed by atoms with E-state index in [0.717, 1.165) is 24.3 Å². The third kappa shape index (κ3) is 1.79. The van der Waals surface area contributed by atoms with Gasteiger partial charge in [-0.3, -0.25) is 4.68 Å². The van der Waals surface area contributed by atoms with Crippen molar-refractivity contribution < 1.29 is 0 Å². The molecule has 20 heavy (non-hydrogen) atoms. The molecule has 0 aromatic carbocycles. The summed E-state index contributed by atoms with van der Waals surface area (Å²) in [6, 6.07) is 2.43. The van der Waals surface area contributed by atoms with Crippen molar-refractivity contribution in [3.05, 3.63) is 35.7 Å². The number of rotatable bonds is 2. The first kappa shape index (κ1) is 11.8. The van der Waals surface area contributed by atoms with Crippen molar-refractivity contribution in [3.8, 4) is 0 Å². The number of nitrogens with zero attached hydrogens (tertiary/aromatic N) is 5. The van der Waals surface area contributed by atoms with Crippen LogP contribution in [0, 0.1) is 0 Å². The molecular formula is C14H15N5S. The third-order valence-electron chi connectivity index (χ3n) is 3.86. The van der Waals surface area contributed by atoms with Gasteiger partial charge in [0.2, 0.25) is 0 Å². The maximum atomic E-state index is 4.54. The van der Waals surface area contributed by atoms with Crippen LogP contribution in [0.5, 0.6) is 0 Å². The summed E-state index contributed by atoms with van der Waals surface area (Å²) in [5.41, 5.74) is 2.31. The Morgan fingerprint density at radius 3 is 3.15 bits per heavy atom. The van der Waals surface area contributed by atoms with Gasteiger partial charge in [0, 0.05) is 25.4 Å². The summed E-state index contributed by atoms with van der Waals surface area (Å²) < 4.78 is 3.05. The van der Waals surface area contributed by atoms with Gasteiger partial charge in [0.25, 0.3) is 0 Å². The minimum atomic E-state index is 0.379. The van der Waals surface area contributed by atoms with E-state index in [2.05, 4.69) is 37.6 Å². The molecule has 4 heterocycles. The summed E-state index contributed by atoms with van der Waals surface area (Å²) >= 11 is 1.72. The van der Waals surface area contributed by atoms with Gasteiger partial charge >= 0.3 is 0 Å². The normalized spacial score (nSPS) is 19.1. The largest absolute Gasteiger partial charge is 0.348 e. The van der Waals surface area contributed by atoms with Gasteiger partial charge in [-0.2, -0.15) is 5.10 Å². The van der Waals surface area contributed by atoms with E-state index in [1.165, 1.54) is 16.7 Å². The summed E-state index contributed by atoms with van der Waals surface area (Å²) in [5, 5.41) is 6.38. The standard InChI is InChI=1S/C14H15N5S/c1-18-8-10(7-17-18)12-3-2-5-19(12)14-13-11(4-6-20-13)15-9-16-14/h4,6-9,12H,2-3,5H2,1H3/t12-/m0/s1. The Morgan fingerprint density at radius 1 is 1.35 bits per heavy atom. The second-order valence-corrected chi connectivity index (χ2v) is 6.05. The molecule has 0 radical (unpaired) electrons. The molecule has 0 amide bonds. The van der Waals surface area contributed by atoms with Crippen LogP contribution in [0.3, 0.4) is 0 Å². The van der Waals surface area contributed by atoms with E-state index >= 15 is 0 Å². The molecule has 0 unspecified atom stereocenters. The first-order valence-electron chi connectivity index (χ1n) is 6.76. The first-order valence-corrected chi connectivity index (χ1v) is 7.64. The highest BCUT2D eigenvalue weighted by molar-refractivity contribution is 7.17. The molecule has 0 bridgehead atoms. The molecule has 1 aliphatic heterocycles. The quantitative estimate of drug-likeness (QED) is 0.726. The number of thiophene rings is 1. The fraction of sp³-hybridized carbons (Fsp3) is 0.357. The molecule has 1 saturated heterocycles. The number of hydrogen-bond donors (Lipinski definition) is 0. The van der Waals surface area contributed by atoms with E-state index in [1.807, 2.05) is 17.9 Å². The Morgan fingerprint density at radius 2 is 2.30 bits per heavy atom. The summed E-state index contributed by atoms with van der Waals surface area (Å²) in [6.07, 6.45) is 8.09. The van der Waals surface area contributed by atoms with Gasteiger partial charge in [0.1, 0.15) is 6.33 Å². The molecule has 3 aromatic rings. The van der Waals surface area contributed by atoms with Crippen LogP contribution in [0.25, 0.3) is 10.2 Å². The van der Waals surface area contributed by atoms with Crippen LogP contribution in [0.2, 0.25) is 0 Å². The molecule has 102 valence electrons. The monoisotopic (exact) mass is 285 g/mol. The van der Waals surface area contributed by atoms with Crippen LogP contribution in [-0.4, -0.2) is 26.3 Å². The summed E-state index contributed by atoms with van der Waals surface area (Å²) in [7, 11) is 1.96. The van der Waals surface area contributed by atoms with Crippen LogP contribution >= 0.6 is 11.3 Å². The van der Waals surface area contributed by atoms with Crippen LogP contribution in [0.4, 0.5) is 5.82 Å². The molecule has 1 aliphatic rings. The van der Waals surface area contributed by atoms with E-state index in [4.69, 9.17) is 0 Å². The summed E-state index contributed by atoms with van der Waals surface area (Å²) in [6.45, 7) is 1.05. The van der Waals surface area contributed by atoms with Crippen molar-refractivity contribution in [1.82, 2.24) is 19.7 Å². The number of hydrogen-bond acceptors (Lipinski definition) is 5. The van der Waals surface area contributed by atoms with Crippen LogP contribution in [-0.2, 0) is 7.05 Å². The molecule has 6 heteroatoms. The molecule has 1 atom stereocenters. The van der Waals surface area contributed by atoms with Crippen molar-refractivity contribution in [2.45, 2.75) is 18.9 Å². The lowest BCUT2D eigenvalue weighted by molar-refractivity contribution is 0.710. The van der Waals surface area contributed by atoms with Crippen LogP contribution in [0.1, 0.15) is 24.4 Å². The van der Waals surface area contributed by atoms with Gasteiger partial charge in [0.05, 0.1) is 22.5 Å². The Kier molecular flexibility index (Phi) is 2.70. The molecule has 4 rings (SSSR count). The lowest BCUT2D eigenvalue weighted by atomic mass is 10.1. The third-order valence-corrected chi connectivity index (χ3v) is 4.76. The molecule has 5 nitrogen and oxygen atoms in total. The van der Waals surface area contributed by atoms with Gasteiger partial charge < -0.3 is 4.90 Å². The maximum absolute atomic E-state index is 4.54. The lowest BCUT2D eigenvalue weighted by Gasteiger charge is -2.25. The number of aromatic nitrogens is 4. The summed E-state index contributed by atoms with van der Waals surface area (Å²) in [4.78, 5) is 11.3. The van der Waals surface area contributed by atoms with Crippen molar-refractivity contribution in [3.63, 3.8) is 0 Å². The Hall–Kier alpha value is -1.95. The SMILES string of the molecule is Cn1cc([C@@H]2CCCN2c2ncnc3ccsc23)cn1. The highest BCUT2D eigenvalue weighted by Gasteiger charge is 2.29. The Labute approximate surface area is 120 Å². The highest BCUT2D eigenvalue weighted by Crippen LogP contribution is 2.38. The molecule has 1 fully saturated rings. The van der Waals surface area contributed by atoms with Gasteiger partial charge in [-0.1, -0.05) is 0 Å². The predicted octanol–water partition coefficient (Wildman–Crippen LogP) is 2.77. The Balaban J connectivity index is 1.78. The number of fused-ring (bicyclic) bond motifs is 1. The maximum Gasteiger partial charge on any atom is 0.150 e. The second-order valence-electron chi connectivity index (χ2n) is 5.13. The molecule has 0 aliphatic carbocycles. The second kappa shape index (κ2) is 4.56. The fourth-order valence-corrected chi connectivity index (χ4v) is 3.81. The average molecular weight is 285 g/mol. The molecular weight excluding hydrogens is 270 g/mol. The fourth-order valence-electron chi connectivity index (χ4n) is 2.96. The lowest BCUT2D eigenvalue weighted by Crippen LogP contribution is -2.23. The van der Waals surface area contributed by atoms with E-state index in [1.54, 1.807) is 17.7 Å². The van der Waals surface area contributed by atoms with Gasteiger partial charge in [0.15, 0.2) is 5.82 Å². The zero-order valence-electron chi connectivity index (χ0n) is 11.2. The van der Waals surface area contributed by atoms with Crippen LogP contribution in [0.15, 0.2) is 30.2 Å². The minimum absolute atomic E-state index is 0.379. The minimum Gasteiger partial charge on any atom is -0.348 e. The summed E-state index contributed by atoms with van der Waals surface area (Å²) in [5.74, 6) is 1.07. The average Bonchev–Trinajstić information content (AvgIpc) is 3.17. The predicted molar refractivity (Wildman–Crippen MR) is 79.9 cm³/mol. The molecule has 0 N–H and O–H groups in total. The van der Waals surface area contributed by atoms with Crippen molar-refractivity contribution in [2.24, 2.45) is 7.05 Å². The zero-order valence-corrected chi connectivity index (χ0v) is 12.0. The highest BCUT2D eigenvalue weighted by atomic mass is 32.1. The van der Waals surface area contributed by atoms with Crippen molar-refractivity contribution in [1.29, 1.82) is 0 Å². The smallest absolute Gasteiger partial charge is 0.150 e. The van der Waals surface area contributed by atoms with E-state index in [-0.39, 0.29) is 0 Å². The van der Waals surface area contributed by atoms with E-state index in [9.17, 15) is 0 Å². The van der Waals surface area contributed by atoms with Crippen molar-refractivity contribution >= 4 is 27.4 Å². The Bertz CT molecular complexity index is 747. The van der Waals surface area contributed by atoms with Gasteiger partial charge in [-0.25, -0.2) is 9.97 Å². The molecule has 0 saturated carbocycles. The van der Waals surface area contributed by atoms with E-state index in [0.29, 0.717) is 6.04 Å². The first-order chi connectivity index (χ1) is 9.83. The van der Waals surface area contributed by atoms with Crippen molar-refractivity contribution in [2.75, 3.05) is 11.4 Å². The molecule has 3 aromatic heterocycles. The zero-order chi connectivity index (χ0) is 13.5. The topological polar surface area (TPSA) is 46.8 Å².